The molecule has 0 unspecified atom stereocenters. The van der Waals surface area contributed by atoms with Crippen LogP contribution in [0, 0.1) is 5.92 Å². The van der Waals surface area contributed by atoms with Crippen molar-refractivity contribution < 1.29 is 4.74 Å². The molecule has 1 aliphatic rings. The van der Waals surface area contributed by atoms with Crippen molar-refractivity contribution in [2.24, 2.45) is 5.92 Å². The fraction of sp³-hybridized carbons (Fsp3) is 0.667. The van der Waals surface area contributed by atoms with E-state index in [9.17, 15) is 0 Å². The predicted molar refractivity (Wildman–Crippen MR) is 85.6 cm³/mol. The molecule has 1 aromatic rings. The van der Waals surface area contributed by atoms with Crippen LogP contribution in [0.1, 0.15) is 50.2 Å². The van der Waals surface area contributed by atoms with Crippen LogP contribution in [0.3, 0.4) is 0 Å². The summed E-state index contributed by atoms with van der Waals surface area (Å²) in [6.45, 7) is 6.56. The molecule has 20 heavy (non-hydrogen) atoms. The molecule has 2 nitrogen and oxygen atoms in total. The van der Waals surface area contributed by atoms with Crippen LogP contribution in [0.15, 0.2) is 18.2 Å². The quantitative estimate of drug-likeness (QED) is 0.708. The Morgan fingerprint density at radius 1 is 1.25 bits per heavy atom. The summed E-state index contributed by atoms with van der Waals surface area (Å²) < 4.78 is 6.01. The molecule has 0 bridgehead atoms. The third-order valence-corrected chi connectivity index (χ3v) is 3.94. The number of nitrogens with zero attached hydrogens (tertiary/aromatic N) is 1. The lowest BCUT2D eigenvalue weighted by Gasteiger charge is -2.16. The maximum Gasteiger partial charge on any atom is 0.122 e. The number of aryl methyl sites for hydroxylation is 1. The molecule has 0 radical (unpaired) electrons. The van der Waals surface area contributed by atoms with Gasteiger partial charge in [-0.05, 0) is 75.4 Å². The first-order valence-electron chi connectivity index (χ1n) is 7.96. The molecule has 1 fully saturated rings. The molecule has 1 aliphatic carbocycles. The molecule has 112 valence electrons. The summed E-state index contributed by atoms with van der Waals surface area (Å²) >= 11 is 0. The Kier molecular flexibility index (Phi) is 5.47. The molecule has 0 atom stereocenters. The summed E-state index contributed by atoms with van der Waals surface area (Å²) in [5.74, 6) is 2.44. The van der Waals surface area contributed by atoms with Crippen molar-refractivity contribution >= 4 is 0 Å². The molecule has 0 aliphatic heterocycles. The predicted octanol–water partition coefficient (Wildman–Crippen LogP) is 4.09. The molecule has 0 N–H and O–H groups in total. The first kappa shape index (κ1) is 15.4. The summed E-state index contributed by atoms with van der Waals surface area (Å²) in [6, 6.07) is 6.77. The highest BCUT2D eigenvalue weighted by Gasteiger charge is 2.22. The minimum absolute atomic E-state index is 0.526. The van der Waals surface area contributed by atoms with E-state index in [0.29, 0.717) is 5.92 Å². The molecule has 0 heterocycles. The van der Waals surface area contributed by atoms with E-state index in [-0.39, 0.29) is 0 Å². The molecule has 0 amide bonds. The first-order chi connectivity index (χ1) is 9.56. The fourth-order valence-corrected chi connectivity index (χ4v) is 2.43. The van der Waals surface area contributed by atoms with Gasteiger partial charge in [0.05, 0.1) is 6.61 Å². The lowest BCUT2D eigenvalue weighted by molar-refractivity contribution is 0.295. The monoisotopic (exact) mass is 275 g/mol. The third kappa shape index (κ3) is 4.82. The third-order valence-electron chi connectivity index (χ3n) is 3.94. The van der Waals surface area contributed by atoms with Gasteiger partial charge in [0.25, 0.3) is 0 Å². The van der Waals surface area contributed by atoms with E-state index in [1.54, 1.807) is 0 Å². The van der Waals surface area contributed by atoms with Gasteiger partial charge in [-0.1, -0.05) is 26.0 Å². The van der Waals surface area contributed by atoms with Gasteiger partial charge in [-0.15, -0.1) is 0 Å². The Bertz CT molecular complexity index is 421. The topological polar surface area (TPSA) is 12.5 Å². The van der Waals surface area contributed by atoms with E-state index in [1.165, 1.54) is 30.4 Å². The maximum atomic E-state index is 6.01. The largest absolute Gasteiger partial charge is 0.493 e. The first-order valence-corrected chi connectivity index (χ1v) is 7.96. The SMILES string of the molecule is CC(C)c1cc(CCCN(C)C)ccc1OCC1CC1. The average Bonchev–Trinajstić information content (AvgIpc) is 3.20. The molecular formula is C18H29NO. The Morgan fingerprint density at radius 2 is 2.00 bits per heavy atom. The van der Waals surface area contributed by atoms with Crippen LogP contribution in [-0.4, -0.2) is 32.1 Å². The molecule has 2 rings (SSSR count). The van der Waals surface area contributed by atoms with Crippen LogP contribution < -0.4 is 4.74 Å². The number of hydrogen-bond acceptors (Lipinski definition) is 2. The Hall–Kier alpha value is -1.02. The Morgan fingerprint density at radius 3 is 2.60 bits per heavy atom. The van der Waals surface area contributed by atoms with Gasteiger partial charge < -0.3 is 9.64 Å². The summed E-state index contributed by atoms with van der Waals surface area (Å²) in [5.41, 5.74) is 2.81. The number of rotatable bonds is 8. The normalized spacial score (nSPS) is 15.1. The van der Waals surface area contributed by atoms with E-state index in [4.69, 9.17) is 4.74 Å². The highest BCUT2D eigenvalue weighted by atomic mass is 16.5. The van der Waals surface area contributed by atoms with E-state index in [0.717, 1.165) is 31.2 Å². The average molecular weight is 275 g/mol. The van der Waals surface area contributed by atoms with Gasteiger partial charge in [-0.25, -0.2) is 0 Å². The zero-order chi connectivity index (χ0) is 14.5. The van der Waals surface area contributed by atoms with Crippen molar-refractivity contribution in [3.63, 3.8) is 0 Å². The van der Waals surface area contributed by atoms with Gasteiger partial charge in [0.1, 0.15) is 5.75 Å². The number of hydrogen-bond donors (Lipinski definition) is 0. The molecule has 1 aromatic carbocycles. The van der Waals surface area contributed by atoms with Gasteiger partial charge in [0, 0.05) is 0 Å². The lowest BCUT2D eigenvalue weighted by atomic mass is 9.97. The Balaban J connectivity index is 1.97. The molecule has 0 saturated heterocycles. The maximum absolute atomic E-state index is 6.01. The van der Waals surface area contributed by atoms with Crippen LogP contribution in [0.4, 0.5) is 0 Å². The highest BCUT2D eigenvalue weighted by molar-refractivity contribution is 5.39. The summed E-state index contributed by atoms with van der Waals surface area (Å²) in [7, 11) is 4.27. The van der Waals surface area contributed by atoms with Gasteiger partial charge in [0.2, 0.25) is 0 Å². The minimum Gasteiger partial charge on any atom is -0.493 e. The lowest BCUT2D eigenvalue weighted by Crippen LogP contribution is -2.13. The van der Waals surface area contributed by atoms with Crippen molar-refractivity contribution in [2.45, 2.75) is 45.4 Å². The molecular weight excluding hydrogens is 246 g/mol. The van der Waals surface area contributed by atoms with E-state index in [1.807, 2.05) is 0 Å². The van der Waals surface area contributed by atoms with Gasteiger partial charge in [-0.2, -0.15) is 0 Å². The Labute approximate surface area is 124 Å². The summed E-state index contributed by atoms with van der Waals surface area (Å²) in [6.07, 6.45) is 5.06. The number of ether oxygens (including phenoxy) is 1. The zero-order valence-corrected chi connectivity index (χ0v) is 13.5. The smallest absolute Gasteiger partial charge is 0.122 e. The van der Waals surface area contributed by atoms with Crippen molar-refractivity contribution in [1.29, 1.82) is 0 Å². The summed E-state index contributed by atoms with van der Waals surface area (Å²) in [4.78, 5) is 2.25. The van der Waals surface area contributed by atoms with Crippen LogP contribution in [0.2, 0.25) is 0 Å². The van der Waals surface area contributed by atoms with Crippen molar-refractivity contribution in [3.8, 4) is 5.75 Å². The van der Waals surface area contributed by atoms with Crippen LogP contribution >= 0.6 is 0 Å². The van der Waals surface area contributed by atoms with E-state index < -0.39 is 0 Å². The zero-order valence-electron chi connectivity index (χ0n) is 13.5. The second kappa shape index (κ2) is 7.12. The van der Waals surface area contributed by atoms with Crippen molar-refractivity contribution in [2.75, 3.05) is 27.2 Å². The standard InChI is InChI=1S/C18H29NO/c1-14(2)17-12-15(6-5-11-19(3)4)9-10-18(17)20-13-16-7-8-16/h9-10,12,14,16H,5-8,11,13H2,1-4H3. The molecule has 0 spiro atoms. The fourth-order valence-electron chi connectivity index (χ4n) is 2.43. The second-order valence-corrected chi connectivity index (χ2v) is 6.69. The van der Waals surface area contributed by atoms with Gasteiger partial charge >= 0.3 is 0 Å². The van der Waals surface area contributed by atoms with Gasteiger partial charge in [0.15, 0.2) is 0 Å². The van der Waals surface area contributed by atoms with Gasteiger partial charge in [-0.3, -0.25) is 0 Å². The highest BCUT2D eigenvalue weighted by Crippen LogP contribution is 2.32. The van der Waals surface area contributed by atoms with Crippen LogP contribution in [0.25, 0.3) is 0 Å². The second-order valence-electron chi connectivity index (χ2n) is 6.69. The molecule has 1 saturated carbocycles. The number of benzene rings is 1. The van der Waals surface area contributed by atoms with Crippen LogP contribution in [-0.2, 0) is 6.42 Å². The minimum atomic E-state index is 0.526. The van der Waals surface area contributed by atoms with E-state index in [2.05, 4.69) is 51.0 Å². The molecule has 0 aromatic heterocycles. The van der Waals surface area contributed by atoms with Crippen molar-refractivity contribution in [1.82, 2.24) is 4.90 Å². The van der Waals surface area contributed by atoms with Crippen molar-refractivity contribution in [3.05, 3.63) is 29.3 Å². The van der Waals surface area contributed by atoms with E-state index >= 15 is 0 Å². The summed E-state index contributed by atoms with van der Waals surface area (Å²) in [5, 5.41) is 0. The molecule has 2 heteroatoms. The van der Waals surface area contributed by atoms with Crippen LogP contribution in [0.5, 0.6) is 5.75 Å².